The van der Waals surface area contributed by atoms with Crippen molar-refractivity contribution in [3.8, 4) is 11.3 Å². The van der Waals surface area contributed by atoms with Crippen LogP contribution in [0, 0.1) is 11.7 Å². The van der Waals surface area contributed by atoms with Crippen LogP contribution in [0.2, 0.25) is 0 Å². The third-order valence-corrected chi connectivity index (χ3v) is 6.39. The molecule has 0 bridgehead atoms. The van der Waals surface area contributed by atoms with E-state index in [4.69, 9.17) is 0 Å². The number of rotatable bonds is 7. The van der Waals surface area contributed by atoms with Crippen LogP contribution in [-0.4, -0.2) is 25.4 Å². The highest BCUT2D eigenvalue weighted by Crippen LogP contribution is 2.25. The number of aromatic nitrogens is 1. The number of sulfonamides is 1. The minimum Gasteiger partial charge on any atom is -0.301 e. The minimum atomic E-state index is -4.21. The number of thiazole rings is 1. The number of halogens is 1. The standard InChI is InChI=1S/C20H20FN3O3S2/c1-13(2)18(24-29(26,27)17-11-7-6-10-15(17)21)19(25)23-20-22-16(12-28-20)14-8-4-3-5-9-14/h3-13,18,24H,1-2H3,(H,22,23,25)/t18-/m1/s1. The second kappa shape index (κ2) is 8.81. The summed E-state index contributed by atoms with van der Waals surface area (Å²) < 4.78 is 41.4. The molecule has 1 aromatic heterocycles. The summed E-state index contributed by atoms with van der Waals surface area (Å²) in [7, 11) is -4.21. The Labute approximate surface area is 172 Å². The lowest BCUT2D eigenvalue weighted by atomic mass is 10.1. The molecule has 3 rings (SSSR count). The van der Waals surface area contributed by atoms with Crippen LogP contribution >= 0.6 is 11.3 Å². The van der Waals surface area contributed by atoms with E-state index in [1.54, 1.807) is 19.2 Å². The topological polar surface area (TPSA) is 88.2 Å². The number of carbonyl (C=O) groups is 1. The Bertz CT molecular complexity index is 1100. The average molecular weight is 434 g/mol. The molecule has 29 heavy (non-hydrogen) atoms. The first-order valence-corrected chi connectivity index (χ1v) is 11.2. The van der Waals surface area contributed by atoms with Gasteiger partial charge in [-0.2, -0.15) is 4.72 Å². The van der Waals surface area contributed by atoms with E-state index in [0.29, 0.717) is 10.8 Å². The summed E-state index contributed by atoms with van der Waals surface area (Å²) in [5.41, 5.74) is 1.61. The van der Waals surface area contributed by atoms with E-state index < -0.39 is 32.7 Å². The predicted octanol–water partition coefficient (Wildman–Crippen LogP) is 3.89. The maximum atomic E-state index is 13.9. The SMILES string of the molecule is CC(C)[C@@H](NS(=O)(=O)c1ccccc1F)C(=O)Nc1nc(-c2ccccc2)cs1. The fourth-order valence-corrected chi connectivity index (χ4v) is 4.79. The molecule has 0 saturated carbocycles. The van der Waals surface area contributed by atoms with Crippen LogP contribution in [-0.2, 0) is 14.8 Å². The van der Waals surface area contributed by atoms with Crippen molar-refractivity contribution in [2.45, 2.75) is 24.8 Å². The van der Waals surface area contributed by atoms with Gasteiger partial charge in [-0.15, -0.1) is 11.3 Å². The highest BCUT2D eigenvalue weighted by molar-refractivity contribution is 7.89. The Morgan fingerprint density at radius 2 is 1.72 bits per heavy atom. The molecule has 3 aromatic rings. The van der Waals surface area contributed by atoms with Crippen molar-refractivity contribution in [1.82, 2.24) is 9.71 Å². The highest BCUT2D eigenvalue weighted by atomic mass is 32.2. The van der Waals surface area contributed by atoms with E-state index in [0.717, 1.165) is 17.7 Å². The molecule has 1 atom stereocenters. The van der Waals surface area contributed by atoms with Gasteiger partial charge < -0.3 is 5.32 Å². The maximum absolute atomic E-state index is 13.9. The van der Waals surface area contributed by atoms with E-state index >= 15 is 0 Å². The van der Waals surface area contributed by atoms with Crippen molar-refractivity contribution in [1.29, 1.82) is 0 Å². The smallest absolute Gasteiger partial charge is 0.244 e. The fourth-order valence-electron chi connectivity index (χ4n) is 2.64. The number of benzene rings is 2. The third-order valence-electron chi connectivity index (χ3n) is 4.16. The number of carbonyl (C=O) groups excluding carboxylic acids is 1. The van der Waals surface area contributed by atoms with Crippen LogP contribution in [0.1, 0.15) is 13.8 Å². The van der Waals surface area contributed by atoms with Crippen LogP contribution in [0.5, 0.6) is 0 Å². The van der Waals surface area contributed by atoms with Crippen molar-refractivity contribution in [3.05, 3.63) is 65.8 Å². The van der Waals surface area contributed by atoms with E-state index in [1.807, 2.05) is 30.3 Å². The molecule has 0 radical (unpaired) electrons. The maximum Gasteiger partial charge on any atom is 0.244 e. The van der Waals surface area contributed by atoms with Gasteiger partial charge in [0, 0.05) is 10.9 Å². The zero-order chi connectivity index (χ0) is 21.0. The quantitative estimate of drug-likeness (QED) is 0.592. The largest absolute Gasteiger partial charge is 0.301 e. The molecule has 2 N–H and O–H groups in total. The molecule has 0 aliphatic carbocycles. The Hall–Kier alpha value is -2.62. The molecular weight excluding hydrogens is 413 g/mol. The van der Waals surface area contributed by atoms with E-state index in [1.165, 1.54) is 23.5 Å². The normalized spacial score (nSPS) is 12.7. The molecule has 0 unspecified atom stereocenters. The molecule has 0 fully saturated rings. The Morgan fingerprint density at radius 3 is 2.38 bits per heavy atom. The lowest BCUT2D eigenvalue weighted by Gasteiger charge is -2.21. The summed E-state index contributed by atoms with van der Waals surface area (Å²) >= 11 is 1.24. The predicted molar refractivity (Wildman–Crippen MR) is 112 cm³/mol. The van der Waals surface area contributed by atoms with E-state index in [-0.39, 0.29) is 5.92 Å². The van der Waals surface area contributed by atoms with E-state index in [9.17, 15) is 17.6 Å². The van der Waals surface area contributed by atoms with Gasteiger partial charge in [-0.3, -0.25) is 4.79 Å². The van der Waals surface area contributed by atoms with Crippen LogP contribution in [0.25, 0.3) is 11.3 Å². The first-order chi connectivity index (χ1) is 13.8. The van der Waals surface area contributed by atoms with Gasteiger partial charge in [-0.25, -0.2) is 17.8 Å². The summed E-state index contributed by atoms with van der Waals surface area (Å²) in [4.78, 5) is 16.6. The second-order valence-electron chi connectivity index (χ2n) is 6.67. The van der Waals surface area contributed by atoms with Crippen LogP contribution < -0.4 is 10.0 Å². The van der Waals surface area contributed by atoms with Crippen LogP contribution in [0.3, 0.4) is 0 Å². The summed E-state index contributed by atoms with van der Waals surface area (Å²) in [6, 6.07) is 13.4. The lowest BCUT2D eigenvalue weighted by Crippen LogP contribution is -2.47. The average Bonchev–Trinajstić information content (AvgIpc) is 3.15. The zero-order valence-corrected chi connectivity index (χ0v) is 17.4. The summed E-state index contributed by atoms with van der Waals surface area (Å²) in [5.74, 6) is -1.81. The molecule has 1 heterocycles. The fraction of sp³-hybridized carbons (Fsp3) is 0.200. The van der Waals surface area contributed by atoms with Gasteiger partial charge in [0.25, 0.3) is 0 Å². The molecule has 0 aliphatic heterocycles. The van der Waals surface area contributed by atoms with Crippen molar-refractivity contribution in [3.63, 3.8) is 0 Å². The monoisotopic (exact) mass is 433 g/mol. The molecule has 0 saturated heterocycles. The van der Waals surface area contributed by atoms with E-state index in [2.05, 4.69) is 15.0 Å². The number of hydrogen-bond acceptors (Lipinski definition) is 5. The van der Waals surface area contributed by atoms with Gasteiger partial charge in [-0.05, 0) is 18.1 Å². The van der Waals surface area contributed by atoms with Gasteiger partial charge in [0.1, 0.15) is 16.8 Å². The van der Waals surface area contributed by atoms with Gasteiger partial charge >= 0.3 is 0 Å². The molecule has 9 heteroatoms. The van der Waals surface area contributed by atoms with Crippen molar-refractivity contribution >= 4 is 32.4 Å². The summed E-state index contributed by atoms with van der Waals surface area (Å²) in [6.45, 7) is 3.40. The number of nitrogens with one attached hydrogen (secondary N) is 2. The summed E-state index contributed by atoms with van der Waals surface area (Å²) in [6.07, 6.45) is 0. The zero-order valence-electron chi connectivity index (χ0n) is 15.8. The second-order valence-corrected chi connectivity index (χ2v) is 9.21. The number of hydrogen-bond donors (Lipinski definition) is 2. The molecule has 2 aromatic carbocycles. The molecular formula is C20H20FN3O3S2. The number of amides is 1. The number of anilines is 1. The number of nitrogens with zero attached hydrogens (tertiary/aromatic N) is 1. The molecule has 0 aliphatic rings. The minimum absolute atomic E-state index is 0.351. The van der Waals surface area contributed by atoms with Crippen LogP contribution in [0.4, 0.5) is 9.52 Å². The first-order valence-electron chi connectivity index (χ1n) is 8.86. The Morgan fingerprint density at radius 1 is 1.07 bits per heavy atom. The van der Waals surface area contributed by atoms with Gasteiger partial charge in [-0.1, -0.05) is 56.3 Å². The van der Waals surface area contributed by atoms with Crippen LogP contribution in [0.15, 0.2) is 64.9 Å². The van der Waals surface area contributed by atoms with Crippen molar-refractivity contribution < 1.29 is 17.6 Å². The molecule has 1 amide bonds. The Kier molecular flexibility index (Phi) is 6.41. The molecule has 0 spiro atoms. The van der Waals surface area contributed by atoms with Crippen molar-refractivity contribution in [2.75, 3.05) is 5.32 Å². The molecule has 152 valence electrons. The highest BCUT2D eigenvalue weighted by Gasteiger charge is 2.30. The first kappa shape index (κ1) is 21.1. The van der Waals surface area contributed by atoms with Crippen molar-refractivity contribution in [2.24, 2.45) is 5.92 Å². The van der Waals surface area contributed by atoms with Gasteiger partial charge in [0.15, 0.2) is 5.13 Å². The lowest BCUT2D eigenvalue weighted by molar-refractivity contribution is -0.118. The third kappa shape index (κ3) is 5.06. The molecule has 6 nitrogen and oxygen atoms in total. The summed E-state index contributed by atoms with van der Waals surface area (Å²) in [5, 5.41) is 4.81. The Balaban J connectivity index is 1.77. The van der Waals surface area contributed by atoms with Gasteiger partial charge in [0.05, 0.1) is 5.69 Å². The van der Waals surface area contributed by atoms with Gasteiger partial charge in [0.2, 0.25) is 15.9 Å².